The summed E-state index contributed by atoms with van der Waals surface area (Å²) in [6.45, 7) is 2.50. The van der Waals surface area contributed by atoms with Crippen LogP contribution in [0.25, 0.3) is 0 Å². The first-order valence-corrected chi connectivity index (χ1v) is 6.23. The number of hydrogen-bond donors (Lipinski definition) is 0. The number of rotatable bonds is 3. The number of hydrogen-bond acceptors (Lipinski definition) is 3. The topological polar surface area (TPSA) is 45.9 Å². The summed E-state index contributed by atoms with van der Waals surface area (Å²) >= 11 is 3.48. The Morgan fingerprint density at radius 2 is 2.17 bits per heavy atom. The van der Waals surface area contributed by atoms with E-state index in [9.17, 15) is 0 Å². The molecule has 0 aliphatic heterocycles. The van der Waals surface area contributed by atoms with Gasteiger partial charge in [0.25, 0.3) is 0 Å². The van der Waals surface area contributed by atoms with E-state index in [1.165, 1.54) is 6.20 Å². The fourth-order valence-corrected chi connectivity index (χ4v) is 1.90. The third-order valence-corrected chi connectivity index (χ3v) is 3.48. The second kappa shape index (κ2) is 5.65. The molecule has 0 spiro atoms. The third-order valence-electron chi connectivity index (χ3n) is 2.62. The monoisotopic (exact) mass is 302 g/mol. The van der Waals surface area contributed by atoms with E-state index in [1.807, 2.05) is 31.2 Å². The predicted molar refractivity (Wildman–Crippen MR) is 72.2 cm³/mol. The van der Waals surface area contributed by atoms with Crippen molar-refractivity contribution in [1.82, 2.24) is 4.98 Å². The number of ether oxygens (including phenoxy) is 1. The average Bonchev–Trinajstić information content (AvgIpc) is 2.41. The molecule has 2 aromatic rings. The Bertz CT molecular complexity index is 588. The highest BCUT2D eigenvalue weighted by atomic mass is 79.9. The van der Waals surface area contributed by atoms with Crippen molar-refractivity contribution >= 4 is 15.9 Å². The summed E-state index contributed by atoms with van der Waals surface area (Å²) in [5.74, 6) is 0.522. The van der Waals surface area contributed by atoms with Crippen LogP contribution in [0.1, 0.15) is 16.7 Å². The lowest BCUT2D eigenvalue weighted by atomic mass is 10.1. The normalized spacial score (nSPS) is 9.83. The minimum Gasteiger partial charge on any atom is -0.473 e. The van der Waals surface area contributed by atoms with Crippen molar-refractivity contribution in [1.29, 1.82) is 5.26 Å². The van der Waals surface area contributed by atoms with E-state index in [-0.39, 0.29) is 0 Å². The molecule has 0 saturated carbocycles. The zero-order valence-corrected chi connectivity index (χ0v) is 11.4. The maximum absolute atomic E-state index is 8.67. The molecule has 2 rings (SSSR count). The van der Waals surface area contributed by atoms with E-state index >= 15 is 0 Å². The van der Waals surface area contributed by atoms with Gasteiger partial charge < -0.3 is 4.74 Å². The van der Waals surface area contributed by atoms with E-state index in [4.69, 9.17) is 10.00 Å². The number of aromatic nitrogens is 1. The highest BCUT2D eigenvalue weighted by molar-refractivity contribution is 9.10. The molecule has 0 N–H and O–H groups in total. The smallest absolute Gasteiger partial charge is 0.213 e. The molecule has 4 heteroatoms. The summed E-state index contributed by atoms with van der Waals surface area (Å²) in [6.07, 6.45) is 1.50. The predicted octanol–water partition coefficient (Wildman–Crippen LogP) is 3.60. The minimum absolute atomic E-state index is 0.462. The van der Waals surface area contributed by atoms with E-state index in [0.717, 1.165) is 15.6 Å². The van der Waals surface area contributed by atoms with Crippen LogP contribution < -0.4 is 4.74 Å². The number of pyridine rings is 1. The van der Waals surface area contributed by atoms with Crippen LogP contribution in [0.2, 0.25) is 0 Å². The van der Waals surface area contributed by atoms with Crippen molar-refractivity contribution in [3.05, 3.63) is 57.7 Å². The summed E-state index contributed by atoms with van der Waals surface area (Å²) < 4.78 is 6.65. The van der Waals surface area contributed by atoms with Crippen molar-refractivity contribution in [2.75, 3.05) is 0 Å². The van der Waals surface area contributed by atoms with Crippen LogP contribution in [0.4, 0.5) is 0 Å². The van der Waals surface area contributed by atoms with Crippen LogP contribution in [0.5, 0.6) is 5.88 Å². The molecule has 1 heterocycles. The Balaban J connectivity index is 2.07. The van der Waals surface area contributed by atoms with E-state index in [1.54, 1.807) is 12.1 Å². The summed E-state index contributed by atoms with van der Waals surface area (Å²) in [7, 11) is 0. The number of halogens is 1. The first kappa shape index (κ1) is 12.6. The van der Waals surface area contributed by atoms with Crippen LogP contribution in [0.15, 0.2) is 41.0 Å². The molecule has 0 amide bonds. The van der Waals surface area contributed by atoms with Gasteiger partial charge in [0.05, 0.1) is 5.56 Å². The molecule has 1 aromatic heterocycles. The Hall–Kier alpha value is -1.86. The number of nitrogens with zero attached hydrogens (tertiary/aromatic N) is 2. The SMILES string of the molecule is Cc1c(Br)cccc1COc1ccc(C#N)cn1. The van der Waals surface area contributed by atoms with Crippen molar-refractivity contribution in [3.63, 3.8) is 0 Å². The molecule has 0 unspecified atom stereocenters. The van der Waals surface area contributed by atoms with Crippen molar-refractivity contribution < 1.29 is 4.74 Å². The Morgan fingerprint density at radius 1 is 1.33 bits per heavy atom. The lowest BCUT2D eigenvalue weighted by molar-refractivity contribution is 0.293. The van der Waals surface area contributed by atoms with E-state index < -0.39 is 0 Å². The minimum atomic E-state index is 0.462. The molecular weight excluding hydrogens is 292 g/mol. The first-order chi connectivity index (χ1) is 8.70. The molecule has 0 atom stereocenters. The Labute approximate surface area is 114 Å². The number of nitriles is 1. The molecule has 0 aliphatic carbocycles. The standard InChI is InChI=1S/C14H11BrN2O/c1-10-12(3-2-4-13(10)15)9-18-14-6-5-11(7-16)8-17-14/h2-6,8H,9H2,1H3. The molecule has 0 bridgehead atoms. The van der Waals surface area contributed by atoms with Gasteiger partial charge >= 0.3 is 0 Å². The summed E-state index contributed by atoms with van der Waals surface area (Å²) in [5, 5.41) is 8.67. The van der Waals surface area contributed by atoms with Crippen molar-refractivity contribution in [3.8, 4) is 11.9 Å². The summed E-state index contributed by atoms with van der Waals surface area (Å²) in [4.78, 5) is 4.06. The molecule has 0 fully saturated rings. The van der Waals surface area contributed by atoms with Gasteiger partial charge in [0.1, 0.15) is 12.7 Å². The van der Waals surface area contributed by atoms with Gasteiger partial charge in [0, 0.05) is 16.7 Å². The molecular formula is C14H11BrN2O. The highest BCUT2D eigenvalue weighted by Crippen LogP contribution is 2.20. The fourth-order valence-electron chi connectivity index (χ4n) is 1.49. The van der Waals surface area contributed by atoms with Crippen molar-refractivity contribution in [2.24, 2.45) is 0 Å². The summed E-state index contributed by atoms with van der Waals surface area (Å²) in [6, 6.07) is 11.4. The second-order valence-corrected chi connectivity index (χ2v) is 4.66. The van der Waals surface area contributed by atoms with Crippen LogP contribution in [0, 0.1) is 18.3 Å². The van der Waals surface area contributed by atoms with Crippen LogP contribution >= 0.6 is 15.9 Å². The largest absolute Gasteiger partial charge is 0.473 e. The van der Waals surface area contributed by atoms with Crippen LogP contribution in [-0.2, 0) is 6.61 Å². The Kier molecular flexibility index (Phi) is 3.96. The van der Waals surface area contributed by atoms with Gasteiger partial charge in [0.2, 0.25) is 5.88 Å². The first-order valence-electron chi connectivity index (χ1n) is 5.43. The molecule has 0 aliphatic rings. The molecule has 0 saturated heterocycles. The van der Waals surface area contributed by atoms with Crippen LogP contribution in [0.3, 0.4) is 0 Å². The zero-order chi connectivity index (χ0) is 13.0. The van der Waals surface area contributed by atoms with Gasteiger partial charge in [-0.25, -0.2) is 4.98 Å². The number of benzene rings is 1. The molecule has 90 valence electrons. The lowest BCUT2D eigenvalue weighted by Crippen LogP contribution is -1.99. The molecule has 18 heavy (non-hydrogen) atoms. The van der Waals surface area contributed by atoms with Gasteiger partial charge in [-0.3, -0.25) is 0 Å². The molecule has 1 aromatic carbocycles. The van der Waals surface area contributed by atoms with Crippen molar-refractivity contribution in [2.45, 2.75) is 13.5 Å². The Morgan fingerprint density at radius 3 is 2.83 bits per heavy atom. The fraction of sp³-hybridized carbons (Fsp3) is 0.143. The second-order valence-electron chi connectivity index (χ2n) is 3.81. The third kappa shape index (κ3) is 2.88. The van der Waals surface area contributed by atoms with E-state index in [0.29, 0.717) is 18.1 Å². The summed E-state index contributed by atoms with van der Waals surface area (Å²) in [5.41, 5.74) is 2.79. The maximum Gasteiger partial charge on any atom is 0.213 e. The molecule has 0 radical (unpaired) electrons. The quantitative estimate of drug-likeness (QED) is 0.870. The lowest BCUT2D eigenvalue weighted by Gasteiger charge is -2.09. The molecule has 3 nitrogen and oxygen atoms in total. The van der Waals surface area contributed by atoms with E-state index in [2.05, 4.69) is 20.9 Å². The van der Waals surface area contributed by atoms with Crippen LogP contribution in [-0.4, -0.2) is 4.98 Å². The van der Waals surface area contributed by atoms with Gasteiger partial charge in [-0.15, -0.1) is 0 Å². The van der Waals surface area contributed by atoms with Gasteiger partial charge in [0.15, 0.2) is 0 Å². The zero-order valence-electron chi connectivity index (χ0n) is 9.85. The van der Waals surface area contributed by atoms with Gasteiger partial charge in [-0.1, -0.05) is 28.1 Å². The maximum atomic E-state index is 8.67. The van der Waals surface area contributed by atoms with Gasteiger partial charge in [-0.2, -0.15) is 5.26 Å². The van der Waals surface area contributed by atoms with Gasteiger partial charge in [-0.05, 0) is 30.2 Å². The average molecular weight is 303 g/mol. The highest BCUT2D eigenvalue weighted by Gasteiger charge is 2.03.